The highest BCUT2D eigenvalue weighted by Gasteiger charge is 2.17. The summed E-state index contributed by atoms with van der Waals surface area (Å²) in [6, 6.07) is 14.0. The first-order valence-electron chi connectivity index (χ1n) is 7.13. The zero-order chi connectivity index (χ0) is 16.4. The van der Waals surface area contributed by atoms with Crippen molar-refractivity contribution in [2.24, 2.45) is 0 Å². The number of carbonyl (C=O) groups excluding carboxylic acids is 1. The van der Waals surface area contributed by atoms with E-state index >= 15 is 0 Å². The summed E-state index contributed by atoms with van der Waals surface area (Å²) in [5.74, 6) is -0.947. The molecule has 0 bridgehead atoms. The summed E-state index contributed by atoms with van der Waals surface area (Å²) in [5, 5.41) is 0.614. The lowest BCUT2D eigenvalue weighted by Gasteiger charge is -2.14. The van der Waals surface area contributed by atoms with Crippen LogP contribution in [0, 0.1) is 5.82 Å². The van der Waals surface area contributed by atoms with E-state index in [9.17, 15) is 14.0 Å². The van der Waals surface area contributed by atoms with Gasteiger partial charge < -0.3 is 9.72 Å². The number of para-hydroxylation sites is 1. The van der Waals surface area contributed by atoms with E-state index in [1.54, 1.807) is 43.3 Å². The van der Waals surface area contributed by atoms with E-state index < -0.39 is 12.1 Å². The number of nitrogens with one attached hydrogen (secondary N) is 1. The summed E-state index contributed by atoms with van der Waals surface area (Å²) >= 11 is 0. The molecule has 2 aromatic carbocycles. The van der Waals surface area contributed by atoms with E-state index in [4.69, 9.17) is 4.74 Å². The predicted molar refractivity (Wildman–Crippen MR) is 84.8 cm³/mol. The Kier molecular flexibility index (Phi) is 3.93. The maximum absolute atomic E-state index is 13.0. The van der Waals surface area contributed by atoms with Crippen LogP contribution in [0.5, 0.6) is 0 Å². The maximum atomic E-state index is 13.0. The number of hydrogen-bond acceptors (Lipinski definition) is 3. The summed E-state index contributed by atoms with van der Waals surface area (Å²) in [6.07, 6.45) is -0.554. The quantitative estimate of drug-likeness (QED) is 0.752. The molecule has 1 unspecified atom stereocenters. The van der Waals surface area contributed by atoms with E-state index in [0.29, 0.717) is 16.5 Å². The molecule has 0 fully saturated rings. The van der Waals surface area contributed by atoms with Crippen LogP contribution < -0.4 is 5.56 Å². The van der Waals surface area contributed by atoms with Crippen molar-refractivity contribution >= 4 is 16.9 Å². The molecule has 23 heavy (non-hydrogen) atoms. The minimum Gasteiger partial charge on any atom is -0.454 e. The van der Waals surface area contributed by atoms with Crippen LogP contribution in [0.1, 0.15) is 28.9 Å². The number of rotatable bonds is 3. The molecule has 5 heteroatoms. The van der Waals surface area contributed by atoms with Gasteiger partial charge in [0.1, 0.15) is 11.9 Å². The number of pyridine rings is 1. The normalized spacial score (nSPS) is 12.1. The number of halogens is 1. The van der Waals surface area contributed by atoms with E-state index in [2.05, 4.69) is 4.98 Å². The molecule has 116 valence electrons. The van der Waals surface area contributed by atoms with Crippen LogP contribution in [0.3, 0.4) is 0 Å². The van der Waals surface area contributed by atoms with E-state index in [-0.39, 0.29) is 16.9 Å². The predicted octanol–water partition coefficient (Wildman–Crippen LogP) is 3.59. The van der Waals surface area contributed by atoms with Gasteiger partial charge in [-0.1, -0.05) is 30.3 Å². The van der Waals surface area contributed by atoms with Gasteiger partial charge in [-0.2, -0.15) is 0 Å². The second-order valence-corrected chi connectivity index (χ2v) is 5.19. The van der Waals surface area contributed by atoms with E-state index in [0.717, 1.165) is 0 Å². The first-order valence-corrected chi connectivity index (χ1v) is 7.13. The van der Waals surface area contributed by atoms with Gasteiger partial charge in [0, 0.05) is 17.0 Å². The standard InChI is InChI=1S/C18H14FNO3/c1-11(12-6-8-13(19)9-7-12)23-18(22)15-10-17(21)20-16-5-3-2-4-14(15)16/h2-11H,1H3,(H,20,21). The van der Waals surface area contributed by atoms with Crippen molar-refractivity contribution in [3.63, 3.8) is 0 Å². The number of esters is 1. The third-order valence-electron chi connectivity index (χ3n) is 3.59. The van der Waals surface area contributed by atoms with Crippen LogP contribution >= 0.6 is 0 Å². The van der Waals surface area contributed by atoms with Crippen LogP contribution in [0.15, 0.2) is 59.4 Å². The van der Waals surface area contributed by atoms with Crippen LogP contribution in [-0.4, -0.2) is 11.0 Å². The molecular weight excluding hydrogens is 297 g/mol. The number of H-pyrrole nitrogens is 1. The summed E-state index contributed by atoms with van der Waals surface area (Å²) < 4.78 is 18.4. The Morgan fingerprint density at radius 3 is 2.57 bits per heavy atom. The fourth-order valence-corrected chi connectivity index (χ4v) is 2.40. The minimum absolute atomic E-state index is 0.207. The van der Waals surface area contributed by atoms with Gasteiger partial charge in [0.2, 0.25) is 5.56 Å². The Hall–Kier alpha value is -2.95. The molecule has 3 aromatic rings. The van der Waals surface area contributed by atoms with Crippen LogP contribution in [-0.2, 0) is 4.74 Å². The Labute approximate surface area is 131 Å². The van der Waals surface area contributed by atoms with Gasteiger partial charge in [-0.25, -0.2) is 9.18 Å². The molecule has 0 amide bonds. The highest BCUT2D eigenvalue weighted by atomic mass is 19.1. The maximum Gasteiger partial charge on any atom is 0.339 e. The fraction of sp³-hybridized carbons (Fsp3) is 0.111. The second kappa shape index (κ2) is 6.04. The van der Waals surface area contributed by atoms with Gasteiger partial charge in [0.25, 0.3) is 0 Å². The largest absolute Gasteiger partial charge is 0.454 e. The number of aromatic amines is 1. The van der Waals surface area contributed by atoms with Gasteiger partial charge in [-0.05, 0) is 30.7 Å². The van der Waals surface area contributed by atoms with Crippen molar-refractivity contribution < 1.29 is 13.9 Å². The summed E-state index contributed by atoms with van der Waals surface area (Å²) in [7, 11) is 0. The van der Waals surface area contributed by atoms with Crippen molar-refractivity contribution in [3.8, 4) is 0 Å². The SMILES string of the molecule is CC(OC(=O)c1cc(=O)[nH]c2ccccc12)c1ccc(F)cc1. The van der Waals surface area contributed by atoms with Crippen molar-refractivity contribution in [1.29, 1.82) is 0 Å². The van der Waals surface area contributed by atoms with Crippen LogP contribution in [0.25, 0.3) is 10.9 Å². The van der Waals surface area contributed by atoms with Crippen molar-refractivity contribution in [2.45, 2.75) is 13.0 Å². The number of fused-ring (bicyclic) bond motifs is 1. The topological polar surface area (TPSA) is 59.2 Å². The number of ether oxygens (including phenoxy) is 1. The second-order valence-electron chi connectivity index (χ2n) is 5.19. The van der Waals surface area contributed by atoms with Crippen LogP contribution in [0.4, 0.5) is 4.39 Å². The van der Waals surface area contributed by atoms with Gasteiger partial charge in [0.15, 0.2) is 0 Å². The van der Waals surface area contributed by atoms with Crippen LogP contribution in [0.2, 0.25) is 0 Å². The first-order chi connectivity index (χ1) is 11.0. The molecule has 4 nitrogen and oxygen atoms in total. The lowest BCUT2D eigenvalue weighted by atomic mass is 10.1. The number of aromatic nitrogens is 1. The molecule has 1 N–H and O–H groups in total. The molecule has 0 saturated heterocycles. The zero-order valence-electron chi connectivity index (χ0n) is 12.4. The Bertz CT molecular complexity index is 915. The molecule has 0 aliphatic rings. The van der Waals surface area contributed by atoms with Gasteiger partial charge >= 0.3 is 5.97 Å². The molecule has 1 atom stereocenters. The monoisotopic (exact) mass is 311 g/mol. The fourth-order valence-electron chi connectivity index (χ4n) is 2.40. The zero-order valence-corrected chi connectivity index (χ0v) is 12.4. The highest BCUT2D eigenvalue weighted by molar-refractivity contribution is 6.03. The third-order valence-corrected chi connectivity index (χ3v) is 3.59. The lowest BCUT2D eigenvalue weighted by Crippen LogP contribution is -2.14. The third kappa shape index (κ3) is 3.13. The van der Waals surface area contributed by atoms with Gasteiger partial charge in [-0.3, -0.25) is 4.79 Å². The Morgan fingerprint density at radius 2 is 1.83 bits per heavy atom. The summed E-state index contributed by atoms with van der Waals surface area (Å²) in [4.78, 5) is 26.8. The van der Waals surface area contributed by atoms with Crippen molar-refractivity contribution in [3.05, 3.63) is 81.9 Å². The minimum atomic E-state index is -0.593. The average molecular weight is 311 g/mol. The van der Waals surface area contributed by atoms with E-state index in [1.165, 1.54) is 18.2 Å². The average Bonchev–Trinajstić information content (AvgIpc) is 2.54. The molecule has 0 radical (unpaired) electrons. The smallest absolute Gasteiger partial charge is 0.339 e. The highest BCUT2D eigenvalue weighted by Crippen LogP contribution is 2.21. The number of carbonyl (C=O) groups is 1. The first kappa shape index (κ1) is 15.0. The van der Waals surface area contributed by atoms with Crippen molar-refractivity contribution in [2.75, 3.05) is 0 Å². The number of benzene rings is 2. The molecule has 0 saturated carbocycles. The molecular formula is C18H14FNO3. The lowest BCUT2D eigenvalue weighted by molar-refractivity contribution is 0.0340. The van der Waals surface area contributed by atoms with Gasteiger partial charge in [0.05, 0.1) is 5.56 Å². The Morgan fingerprint density at radius 1 is 1.13 bits per heavy atom. The molecule has 0 aliphatic heterocycles. The Balaban J connectivity index is 1.91. The van der Waals surface area contributed by atoms with E-state index in [1.807, 2.05) is 0 Å². The number of hydrogen-bond donors (Lipinski definition) is 1. The molecule has 0 aliphatic carbocycles. The molecule has 0 spiro atoms. The summed E-state index contributed by atoms with van der Waals surface area (Å²) in [6.45, 7) is 1.69. The van der Waals surface area contributed by atoms with Gasteiger partial charge in [-0.15, -0.1) is 0 Å². The molecule has 1 heterocycles. The summed E-state index contributed by atoms with van der Waals surface area (Å²) in [5.41, 5.74) is 1.08. The van der Waals surface area contributed by atoms with Crippen molar-refractivity contribution in [1.82, 2.24) is 4.98 Å². The molecule has 3 rings (SSSR count). The molecule has 1 aromatic heterocycles.